The number of hydrogen-bond acceptors (Lipinski definition) is 1. The van der Waals surface area contributed by atoms with Gasteiger partial charge in [-0.2, -0.15) is 0 Å². The lowest BCUT2D eigenvalue weighted by atomic mass is 10.0. The maximum atomic E-state index is 5.28. The second-order valence-corrected chi connectivity index (χ2v) is 11.1. The monoisotopic (exact) mass is 400 g/mol. The summed E-state index contributed by atoms with van der Waals surface area (Å²) in [5.41, 5.74) is 0. The molecule has 0 radical (unpaired) electrons. The molecule has 3 heteroatoms. The molecule has 0 aliphatic rings. The summed E-state index contributed by atoms with van der Waals surface area (Å²) in [6, 6.07) is 1.34. The zero-order valence-electron chi connectivity index (χ0n) is 19.7. The predicted molar refractivity (Wildman–Crippen MR) is 126 cm³/mol. The van der Waals surface area contributed by atoms with Gasteiger partial charge in [-0.3, -0.25) is 0 Å². The predicted octanol–water partition coefficient (Wildman–Crippen LogP) is 6.86. The third-order valence-electron chi connectivity index (χ3n) is 5.98. The maximum Gasteiger partial charge on any atom is 0.161 e. The van der Waals surface area contributed by atoms with Gasteiger partial charge in [-0.15, -0.1) is 0 Å². The summed E-state index contributed by atoms with van der Waals surface area (Å²) in [7, 11) is 6.46. The third-order valence-corrected chi connectivity index (χ3v) is 7.18. The van der Waals surface area contributed by atoms with Crippen LogP contribution in [0.2, 0.25) is 6.04 Å². The summed E-state index contributed by atoms with van der Waals surface area (Å²) in [6.45, 7) is 4.98. The largest absolute Gasteiger partial charge is 0.427 e. The molecule has 0 N–H and O–H groups in total. The molecule has 0 spiro atoms. The Labute approximate surface area is 175 Å². The molecule has 0 aromatic rings. The highest BCUT2D eigenvalue weighted by Gasteiger charge is 2.13. The Kier molecular flexibility index (Phi) is 21.0. The molecule has 0 aliphatic heterocycles. The number of hydrogen-bond donors (Lipinski definition) is 0. The lowest BCUT2D eigenvalue weighted by Gasteiger charge is -2.29. The molecule has 0 rings (SSSR count). The van der Waals surface area contributed by atoms with Crippen molar-refractivity contribution in [1.82, 2.24) is 0 Å². The first-order valence-electron chi connectivity index (χ1n) is 12.4. The second-order valence-electron chi connectivity index (χ2n) is 9.39. The molecule has 0 heterocycles. The number of unbranched alkanes of at least 4 members (excludes halogenated alkanes) is 15. The molecule has 0 unspecified atom stereocenters. The van der Waals surface area contributed by atoms with Crippen LogP contribution >= 0.6 is 0 Å². The van der Waals surface area contributed by atoms with E-state index in [2.05, 4.69) is 21.0 Å². The van der Waals surface area contributed by atoms with Gasteiger partial charge in [0.15, 0.2) is 9.76 Å². The van der Waals surface area contributed by atoms with Gasteiger partial charge in [-0.1, -0.05) is 96.8 Å². The van der Waals surface area contributed by atoms with Crippen molar-refractivity contribution in [3.05, 3.63) is 0 Å². The van der Waals surface area contributed by atoms with Crippen molar-refractivity contribution in [2.45, 2.75) is 122 Å². The van der Waals surface area contributed by atoms with E-state index in [9.17, 15) is 0 Å². The van der Waals surface area contributed by atoms with Gasteiger partial charge >= 0.3 is 0 Å². The fourth-order valence-electron chi connectivity index (χ4n) is 3.99. The van der Waals surface area contributed by atoms with E-state index in [4.69, 9.17) is 4.43 Å². The normalized spacial score (nSPS) is 12.4. The molecule has 0 bridgehead atoms. The number of nitrogens with zero attached hydrogens (tertiary/aromatic N) is 1. The average molecular weight is 401 g/mol. The molecule has 0 fully saturated rings. The molecular weight excluding hydrogens is 346 g/mol. The van der Waals surface area contributed by atoms with Crippen molar-refractivity contribution in [3.63, 3.8) is 0 Å². The fraction of sp³-hybridized carbons (Fsp3) is 1.00. The molecule has 164 valence electrons. The quantitative estimate of drug-likeness (QED) is 0.109. The van der Waals surface area contributed by atoms with Crippen molar-refractivity contribution in [1.29, 1.82) is 0 Å². The van der Waals surface area contributed by atoms with E-state index < -0.39 is 0 Å². The van der Waals surface area contributed by atoms with Gasteiger partial charge in [0.1, 0.15) is 0 Å². The van der Waals surface area contributed by atoms with Crippen LogP contribution in [0.4, 0.5) is 0 Å². The van der Waals surface area contributed by atoms with Gasteiger partial charge in [0, 0.05) is 7.11 Å². The minimum absolute atomic E-state index is 0.206. The van der Waals surface area contributed by atoms with Crippen LogP contribution in [0.1, 0.15) is 116 Å². The molecule has 0 aliphatic carbocycles. The second kappa shape index (κ2) is 20.9. The van der Waals surface area contributed by atoms with Crippen LogP contribution < -0.4 is 0 Å². The van der Waals surface area contributed by atoms with Crippen molar-refractivity contribution in [2.75, 3.05) is 34.3 Å². The summed E-state index contributed by atoms with van der Waals surface area (Å²) in [5, 5.41) is 0. The van der Waals surface area contributed by atoms with Crippen LogP contribution in [-0.4, -0.2) is 48.5 Å². The molecule has 0 amide bonds. The molecule has 0 atom stereocenters. The molecule has 0 saturated heterocycles. The molecular formula is C24H54NOSi+. The SMILES string of the molecule is CCCCCCCCCCCCCCCCCC[N+](C)(C)CCC[SiH2]OC. The minimum atomic E-state index is -0.206. The first-order chi connectivity index (χ1) is 13.1. The number of rotatable bonds is 22. The highest BCUT2D eigenvalue weighted by molar-refractivity contribution is 6.26. The Balaban J connectivity index is 3.20. The van der Waals surface area contributed by atoms with E-state index in [0.29, 0.717) is 0 Å². The van der Waals surface area contributed by atoms with Crippen LogP contribution in [0.5, 0.6) is 0 Å². The maximum absolute atomic E-state index is 5.28. The summed E-state index contributed by atoms with van der Waals surface area (Å²) in [6.07, 6.45) is 24.7. The average Bonchev–Trinajstić information content (AvgIpc) is 2.65. The molecule has 0 aromatic carbocycles. The van der Waals surface area contributed by atoms with Gasteiger partial charge in [-0.05, 0) is 25.3 Å². The minimum Gasteiger partial charge on any atom is -0.427 e. The molecule has 27 heavy (non-hydrogen) atoms. The Morgan fingerprint density at radius 2 is 0.926 bits per heavy atom. The van der Waals surface area contributed by atoms with Gasteiger partial charge in [0.05, 0.1) is 27.2 Å². The summed E-state index contributed by atoms with van der Waals surface area (Å²) >= 11 is 0. The van der Waals surface area contributed by atoms with E-state index in [0.717, 1.165) is 0 Å². The smallest absolute Gasteiger partial charge is 0.161 e. The van der Waals surface area contributed by atoms with Gasteiger partial charge in [0.25, 0.3) is 0 Å². The highest BCUT2D eigenvalue weighted by Crippen LogP contribution is 2.14. The van der Waals surface area contributed by atoms with E-state index >= 15 is 0 Å². The fourth-order valence-corrected chi connectivity index (χ4v) is 4.70. The zero-order chi connectivity index (χ0) is 20.1. The van der Waals surface area contributed by atoms with Crippen LogP contribution in [0.25, 0.3) is 0 Å². The summed E-state index contributed by atoms with van der Waals surface area (Å²) in [5.74, 6) is 0. The van der Waals surface area contributed by atoms with Crippen molar-refractivity contribution >= 4 is 9.76 Å². The number of quaternary nitrogens is 1. The van der Waals surface area contributed by atoms with Gasteiger partial charge in [0.2, 0.25) is 0 Å². The summed E-state index contributed by atoms with van der Waals surface area (Å²) < 4.78 is 6.49. The Morgan fingerprint density at radius 1 is 0.556 bits per heavy atom. The topological polar surface area (TPSA) is 9.23 Å². The van der Waals surface area contributed by atoms with Crippen molar-refractivity contribution < 1.29 is 8.91 Å². The first-order valence-corrected chi connectivity index (χ1v) is 14.0. The zero-order valence-corrected chi connectivity index (χ0v) is 21.1. The lowest BCUT2D eigenvalue weighted by Crippen LogP contribution is -2.41. The van der Waals surface area contributed by atoms with Crippen LogP contribution in [-0.2, 0) is 4.43 Å². The molecule has 0 saturated carbocycles. The third kappa shape index (κ3) is 22.3. The van der Waals surface area contributed by atoms with Crippen LogP contribution in [0.3, 0.4) is 0 Å². The molecule has 0 aromatic heterocycles. The lowest BCUT2D eigenvalue weighted by molar-refractivity contribution is -0.890. The van der Waals surface area contributed by atoms with Crippen molar-refractivity contribution in [2.24, 2.45) is 0 Å². The Bertz CT molecular complexity index is 284. The Hall–Kier alpha value is 0.137. The molecule has 2 nitrogen and oxygen atoms in total. The van der Waals surface area contributed by atoms with Crippen LogP contribution in [0, 0.1) is 0 Å². The van der Waals surface area contributed by atoms with Gasteiger partial charge in [-0.25, -0.2) is 0 Å². The standard InChI is InChI=1S/C24H54NOSi/c1-5-6-7-8-9-10-11-12-13-14-15-16-17-18-19-20-22-25(2,3)23-21-24-27-26-4/h5-24,27H2,1-4H3/q+1. The Morgan fingerprint density at radius 3 is 1.33 bits per heavy atom. The van der Waals surface area contributed by atoms with Crippen molar-refractivity contribution in [3.8, 4) is 0 Å². The first kappa shape index (κ1) is 27.1. The highest BCUT2D eigenvalue weighted by atomic mass is 28.2. The van der Waals surface area contributed by atoms with Crippen LogP contribution in [0.15, 0.2) is 0 Å². The van der Waals surface area contributed by atoms with E-state index in [-0.39, 0.29) is 9.76 Å². The van der Waals surface area contributed by atoms with E-state index in [1.54, 1.807) is 0 Å². The van der Waals surface area contributed by atoms with E-state index in [1.807, 2.05) is 7.11 Å². The summed E-state index contributed by atoms with van der Waals surface area (Å²) in [4.78, 5) is 0. The van der Waals surface area contributed by atoms with Gasteiger partial charge < -0.3 is 8.91 Å². The van der Waals surface area contributed by atoms with E-state index in [1.165, 1.54) is 133 Å².